The summed E-state index contributed by atoms with van der Waals surface area (Å²) >= 11 is 1.55. The van der Waals surface area contributed by atoms with Crippen LogP contribution in [0.15, 0.2) is 42.5 Å². The average molecular weight is 419 g/mol. The Morgan fingerprint density at radius 1 is 1.31 bits per heavy atom. The molecule has 0 saturated heterocycles. The SMILES string of the molecule is O=C(O)CCCC=CC[C@H]1C(=O)C[C@@H](F)[C@@H]1CCC(O)c1cc2ccccc2s1. The summed E-state index contributed by atoms with van der Waals surface area (Å²) in [5.74, 6) is -1.58. The Morgan fingerprint density at radius 3 is 2.86 bits per heavy atom. The highest BCUT2D eigenvalue weighted by Crippen LogP contribution is 2.40. The predicted octanol–water partition coefficient (Wildman–Crippen LogP) is 5.46. The molecule has 29 heavy (non-hydrogen) atoms. The third-order valence-electron chi connectivity index (χ3n) is 5.66. The van der Waals surface area contributed by atoms with E-state index in [1.807, 2.05) is 42.5 Å². The molecule has 3 rings (SSSR count). The lowest BCUT2D eigenvalue weighted by molar-refractivity contribution is -0.137. The van der Waals surface area contributed by atoms with Crippen LogP contribution in [0.5, 0.6) is 0 Å². The van der Waals surface area contributed by atoms with E-state index in [1.165, 1.54) is 0 Å². The lowest BCUT2D eigenvalue weighted by atomic mass is 9.87. The highest BCUT2D eigenvalue weighted by atomic mass is 32.1. The van der Waals surface area contributed by atoms with Gasteiger partial charge in [0.1, 0.15) is 12.0 Å². The van der Waals surface area contributed by atoms with Crippen LogP contribution in [0, 0.1) is 11.8 Å². The Kier molecular flexibility index (Phi) is 7.56. The van der Waals surface area contributed by atoms with Gasteiger partial charge < -0.3 is 10.2 Å². The van der Waals surface area contributed by atoms with Gasteiger partial charge in [0.05, 0.1) is 6.10 Å². The fraction of sp³-hybridized carbons (Fsp3) is 0.478. The van der Waals surface area contributed by atoms with Gasteiger partial charge in [-0.2, -0.15) is 0 Å². The molecule has 0 radical (unpaired) electrons. The van der Waals surface area contributed by atoms with Crippen molar-refractivity contribution in [2.45, 2.75) is 57.2 Å². The number of thiophene rings is 1. The zero-order valence-electron chi connectivity index (χ0n) is 16.3. The largest absolute Gasteiger partial charge is 0.481 e. The smallest absolute Gasteiger partial charge is 0.303 e. The highest BCUT2D eigenvalue weighted by Gasteiger charge is 2.41. The summed E-state index contributed by atoms with van der Waals surface area (Å²) in [7, 11) is 0. The molecule has 2 N–H and O–H groups in total. The number of carboxylic acids is 1. The number of carbonyl (C=O) groups excluding carboxylic acids is 1. The van der Waals surface area contributed by atoms with Gasteiger partial charge in [0.15, 0.2) is 0 Å². The zero-order chi connectivity index (χ0) is 20.8. The molecule has 1 heterocycles. The first kappa shape index (κ1) is 21.7. The van der Waals surface area contributed by atoms with Crippen molar-refractivity contribution < 1.29 is 24.2 Å². The molecule has 0 aliphatic heterocycles. The van der Waals surface area contributed by atoms with Gasteiger partial charge in [-0.05, 0) is 49.6 Å². The molecule has 1 aliphatic rings. The second-order valence-electron chi connectivity index (χ2n) is 7.73. The summed E-state index contributed by atoms with van der Waals surface area (Å²) in [6.07, 6.45) is 4.62. The van der Waals surface area contributed by atoms with Crippen LogP contribution >= 0.6 is 11.3 Å². The summed E-state index contributed by atoms with van der Waals surface area (Å²) in [4.78, 5) is 23.6. The van der Waals surface area contributed by atoms with Gasteiger partial charge in [0, 0.05) is 34.3 Å². The molecule has 0 spiro atoms. The van der Waals surface area contributed by atoms with Crippen LogP contribution in [0.3, 0.4) is 0 Å². The van der Waals surface area contributed by atoms with Crippen molar-refractivity contribution >= 4 is 33.2 Å². The fourth-order valence-electron chi connectivity index (χ4n) is 4.07. The highest BCUT2D eigenvalue weighted by molar-refractivity contribution is 7.19. The van der Waals surface area contributed by atoms with Gasteiger partial charge >= 0.3 is 5.97 Å². The molecule has 2 aromatic rings. The van der Waals surface area contributed by atoms with Crippen LogP contribution in [0.4, 0.5) is 4.39 Å². The van der Waals surface area contributed by atoms with Crippen molar-refractivity contribution in [2.75, 3.05) is 0 Å². The third-order valence-corrected chi connectivity index (χ3v) is 6.87. The number of halogens is 1. The van der Waals surface area contributed by atoms with Crippen molar-refractivity contribution in [3.63, 3.8) is 0 Å². The lowest BCUT2D eigenvalue weighted by Gasteiger charge is -2.20. The van der Waals surface area contributed by atoms with Crippen LogP contribution in [0.1, 0.15) is 55.9 Å². The number of aliphatic hydroxyl groups is 1. The Bertz CT molecular complexity index is 842. The van der Waals surface area contributed by atoms with Crippen LogP contribution < -0.4 is 0 Å². The molecule has 0 amide bonds. The van der Waals surface area contributed by atoms with Gasteiger partial charge in [-0.15, -0.1) is 11.3 Å². The fourth-order valence-corrected chi connectivity index (χ4v) is 5.15. The van der Waals surface area contributed by atoms with E-state index in [1.54, 1.807) is 11.3 Å². The number of ketones is 1. The number of alkyl halides is 1. The van der Waals surface area contributed by atoms with E-state index in [0.29, 0.717) is 32.1 Å². The summed E-state index contributed by atoms with van der Waals surface area (Å²) in [5, 5.41) is 20.3. The van der Waals surface area contributed by atoms with Crippen molar-refractivity contribution in [2.24, 2.45) is 11.8 Å². The topological polar surface area (TPSA) is 74.6 Å². The Morgan fingerprint density at radius 2 is 2.10 bits per heavy atom. The Balaban J connectivity index is 1.53. The number of fused-ring (bicyclic) bond motifs is 1. The number of aliphatic hydroxyl groups excluding tert-OH is 1. The first-order valence-electron chi connectivity index (χ1n) is 10.2. The minimum atomic E-state index is -1.15. The number of benzene rings is 1. The maximum atomic E-state index is 14.4. The Labute approximate surface area is 174 Å². The Hall–Kier alpha value is -2.05. The maximum Gasteiger partial charge on any atom is 0.303 e. The minimum absolute atomic E-state index is 0.0405. The summed E-state index contributed by atoms with van der Waals surface area (Å²) < 4.78 is 15.6. The van der Waals surface area contributed by atoms with Crippen molar-refractivity contribution in [1.82, 2.24) is 0 Å². The number of hydrogen-bond donors (Lipinski definition) is 2. The van der Waals surface area contributed by atoms with E-state index in [0.717, 1.165) is 15.0 Å². The molecule has 6 heteroatoms. The van der Waals surface area contributed by atoms with Gasteiger partial charge in [-0.3, -0.25) is 9.59 Å². The molecule has 1 fully saturated rings. The van der Waals surface area contributed by atoms with E-state index in [4.69, 9.17) is 5.11 Å². The van der Waals surface area contributed by atoms with Crippen molar-refractivity contribution in [1.29, 1.82) is 0 Å². The summed E-state index contributed by atoms with van der Waals surface area (Å²) in [6, 6.07) is 9.93. The number of Topliss-reactive ketones (excluding diaryl/α,β-unsaturated/α-hetero) is 1. The van der Waals surface area contributed by atoms with E-state index >= 15 is 0 Å². The minimum Gasteiger partial charge on any atom is -0.481 e. The quantitative estimate of drug-likeness (QED) is 0.397. The second-order valence-corrected chi connectivity index (χ2v) is 8.84. The zero-order valence-corrected chi connectivity index (χ0v) is 17.1. The standard InChI is InChI=1S/C23H27FO4S/c24-18-14-20(26)17(8-3-1-2-4-10-23(27)28)16(18)11-12-19(25)22-13-15-7-5-6-9-21(15)29-22/h1,3,5-7,9,13,16-19,25H,2,4,8,10-12,14H2,(H,27,28)/t16-,17-,18-,19?/m1/s1. The summed E-state index contributed by atoms with van der Waals surface area (Å²) in [5.41, 5.74) is 0. The molecule has 1 aromatic heterocycles. The van der Waals surface area contributed by atoms with Crippen LogP contribution in [-0.2, 0) is 9.59 Å². The molecular formula is C23H27FO4S. The molecule has 0 bridgehead atoms. The third kappa shape index (κ3) is 5.73. The average Bonchev–Trinajstić information content (AvgIpc) is 3.23. The number of rotatable bonds is 10. The van der Waals surface area contributed by atoms with E-state index < -0.39 is 18.2 Å². The number of unbranched alkanes of at least 4 members (excludes halogenated alkanes) is 1. The number of aliphatic carboxylic acids is 1. The number of carbonyl (C=O) groups is 2. The number of hydrogen-bond acceptors (Lipinski definition) is 4. The van der Waals surface area contributed by atoms with Crippen molar-refractivity contribution in [3.05, 3.63) is 47.4 Å². The van der Waals surface area contributed by atoms with Crippen LogP contribution in [-0.4, -0.2) is 28.1 Å². The first-order chi connectivity index (χ1) is 14.0. The maximum absolute atomic E-state index is 14.4. The van der Waals surface area contributed by atoms with E-state index in [-0.39, 0.29) is 30.5 Å². The van der Waals surface area contributed by atoms with Gasteiger partial charge in [-0.1, -0.05) is 30.4 Å². The molecule has 1 unspecified atom stereocenters. The lowest BCUT2D eigenvalue weighted by Crippen LogP contribution is -2.19. The van der Waals surface area contributed by atoms with Gasteiger partial charge in [-0.25, -0.2) is 4.39 Å². The van der Waals surface area contributed by atoms with E-state index in [9.17, 15) is 19.1 Å². The first-order valence-corrected chi connectivity index (χ1v) is 11.0. The molecule has 4 nitrogen and oxygen atoms in total. The van der Waals surface area contributed by atoms with E-state index in [2.05, 4.69) is 0 Å². The molecule has 4 atom stereocenters. The molecule has 1 aliphatic carbocycles. The normalized spacial score (nSPS) is 23.2. The molecule has 1 aromatic carbocycles. The predicted molar refractivity (Wildman–Crippen MR) is 113 cm³/mol. The van der Waals surface area contributed by atoms with Crippen LogP contribution in [0.2, 0.25) is 0 Å². The summed E-state index contributed by atoms with van der Waals surface area (Å²) in [6.45, 7) is 0. The molecular weight excluding hydrogens is 391 g/mol. The molecule has 156 valence electrons. The van der Waals surface area contributed by atoms with Gasteiger partial charge in [0.2, 0.25) is 0 Å². The van der Waals surface area contributed by atoms with Crippen LogP contribution in [0.25, 0.3) is 10.1 Å². The van der Waals surface area contributed by atoms with Crippen molar-refractivity contribution in [3.8, 4) is 0 Å². The number of carboxylic acid groups (broad SMARTS) is 1. The molecule has 1 saturated carbocycles. The number of allylic oxidation sites excluding steroid dienone is 2. The van der Waals surface area contributed by atoms with Gasteiger partial charge in [0.25, 0.3) is 0 Å². The monoisotopic (exact) mass is 418 g/mol. The second kappa shape index (κ2) is 10.1.